The van der Waals surface area contributed by atoms with E-state index in [9.17, 15) is 0 Å². The van der Waals surface area contributed by atoms with Crippen molar-refractivity contribution in [3.63, 3.8) is 0 Å². The Labute approximate surface area is 207 Å². The number of unbranched alkanes of at least 4 members (excludes halogenated alkanes) is 3. The molecule has 0 spiro atoms. The molecule has 3 rings (SSSR count). The Bertz CT molecular complexity index is 740. The van der Waals surface area contributed by atoms with Gasteiger partial charge in [0.25, 0.3) is 0 Å². The zero-order valence-corrected chi connectivity index (χ0v) is 21.2. The lowest BCUT2D eigenvalue weighted by Crippen LogP contribution is -2.01. The molecule has 3 nitrogen and oxygen atoms in total. The molecule has 4 heteroatoms. The van der Waals surface area contributed by atoms with Crippen LogP contribution in [0.1, 0.15) is 55.2 Å². The normalized spacial score (nSPS) is 11.2. The molecule has 0 N–H and O–H groups in total. The Morgan fingerprint density at radius 2 is 0.676 bits per heavy atom. The summed E-state index contributed by atoms with van der Waals surface area (Å²) in [6.07, 6.45) is 9.64. The minimum Gasteiger partial charge on any atom is -0.312 e. The van der Waals surface area contributed by atoms with Crippen molar-refractivity contribution < 1.29 is 13.6 Å². The van der Waals surface area contributed by atoms with Gasteiger partial charge < -0.3 is 13.6 Å². The Hall–Kier alpha value is -2.03. The fourth-order valence-electron chi connectivity index (χ4n) is 3.76. The van der Waals surface area contributed by atoms with E-state index in [1.165, 1.54) is 16.7 Å². The maximum absolute atomic E-state index is 6.03. The van der Waals surface area contributed by atoms with Crippen molar-refractivity contribution in [1.29, 1.82) is 0 Å². The molecule has 0 saturated heterocycles. The molecule has 0 heterocycles. The first kappa shape index (κ1) is 26.6. The Kier molecular flexibility index (Phi) is 13.6. The maximum Gasteiger partial charge on any atom is 0.332 e. The van der Waals surface area contributed by atoms with E-state index in [0.29, 0.717) is 19.8 Å². The van der Waals surface area contributed by atoms with E-state index in [4.69, 9.17) is 13.6 Å². The highest BCUT2D eigenvalue weighted by molar-refractivity contribution is 7.41. The van der Waals surface area contributed by atoms with Crippen LogP contribution in [-0.4, -0.2) is 19.8 Å². The number of hydrogen-bond donors (Lipinski definition) is 0. The summed E-state index contributed by atoms with van der Waals surface area (Å²) >= 11 is 0. The van der Waals surface area contributed by atoms with Gasteiger partial charge in [-0.05, 0) is 74.5 Å². The minimum absolute atomic E-state index is 0.687. The van der Waals surface area contributed by atoms with Crippen LogP contribution in [0.2, 0.25) is 0 Å². The third-order valence-electron chi connectivity index (χ3n) is 5.70. The van der Waals surface area contributed by atoms with E-state index in [2.05, 4.69) is 91.0 Å². The predicted octanol–water partition coefficient (Wildman–Crippen LogP) is 8.33. The molecule has 0 unspecified atom stereocenters. The van der Waals surface area contributed by atoms with Gasteiger partial charge in [0, 0.05) is 0 Å². The van der Waals surface area contributed by atoms with E-state index in [1.807, 2.05) is 0 Å². The predicted molar refractivity (Wildman–Crippen MR) is 143 cm³/mol. The number of rotatable bonds is 18. The second kappa shape index (κ2) is 17.4. The number of hydrogen-bond acceptors (Lipinski definition) is 3. The molecule has 0 bridgehead atoms. The molecule has 34 heavy (non-hydrogen) atoms. The van der Waals surface area contributed by atoms with Crippen molar-refractivity contribution in [2.75, 3.05) is 19.8 Å². The molecule has 0 saturated carbocycles. The average molecular weight is 479 g/mol. The monoisotopic (exact) mass is 478 g/mol. The fraction of sp³-hybridized carbons (Fsp3) is 0.400. The van der Waals surface area contributed by atoms with Crippen LogP contribution in [0.5, 0.6) is 0 Å². The summed E-state index contributed by atoms with van der Waals surface area (Å²) in [5, 5.41) is 0. The zero-order valence-electron chi connectivity index (χ0n) is 20.3. The van der Waals surface area contributed by atoms with E-state index < -0.39 is 8.60 Å². The summed E-state index contributed by atoms with van der Waals surface area (Å²) in [5.74, 6) is 0. The van der Waals surface area contributed by atoms with Crippen LogP contribution < -0.4 is 0 Å². The molecule has 0 amide bonds. The van der Waals surface area contributed by atoms with Crippen LogP contribution in [0.25, 0.3) is 0 Å². The fourth-order valence-corrected chi connectivity index (χ4v) is 4.81. The molecule has 3 aromatic carbocycles. The summed E-state index contributed by atoms with van der Waals surface area (Å²) in [4.78, 5) is 0. The van der Waals surface area contributed by atoms with Crippen LogP contribution in [-0.2, 0) is 32.8 Å². The highest BCUT2D eigenvalue weighted by Gasteiger charge is 2.12. The van der Waals surface area contributed by atoms with Crippen LogP contribution >= 0.6 is 8.60 Å². The number of benzene rings is 3. The Morgan fingerprint density at radius 3 is 0.971 bits per heavy atom. The molecular formula is C30H39O3P. The third-order valence-corrected chi connectivity index (χ3v) is 6.88. The summed E-state index contributed by atoms with van der Waals surface area (Å²) in [5.41, 5.74) is 4.15. The van der Waals surface area contributed by atoms with Crippen LogP contribution in [0.4, 0.5) is 0 Å². The van der Waals surface area contributed by atoms with Crippen molar-refractivity contribution in [1.82, 2.24) is 0 Å². The van der Waals surface area contributed by atoms with Gasteiger partial charge in [0.1, 0.15) is 0 Å². The third kappa shape index (κ3) is 11.9. The lowest BCUT2D eigenvalue weighted by atomic mass is 10.1. The van der Waals surface area contributed by atoms with Gasteiger partial charge in [-0.3, -0.25) is 0 Å². The van der Waals surface area contributed by atoms with E-state index >= 15 is 0 Å². The zero-order chi connectivity index (χ0) is 23.5. The smallest absolute Gasteiger partial charge is 0.312 e. The molecule has 0 fully saturated rings. The molecule has 0 radical (unpaired) electrons. The van der Waals surface area contributed by atoms with Gasteiger partial charge in [-0.25, -0.2) is 0 Å². The van der Waals surface area contributed by atoms with E-state index in [1.54, 1.807) is 0 Å². The van der Waals surface area contributed by atoms with Crippen LogP contribution in [0.3, 0.4) is 0 Å². The molecule has 0 aliphatic rings. The summed E-state index contributed by atoms with van der Waals surface area (Å²) < 4.78 is 18.1. The first-order valence-electron chi connectivity index (χ1n) is 12.7. The summed E-state index contributed by atoms with van der Waals surface area (Å²) in [6.45, 7) is 2.06. The summed E-state index contributed by atoms with van der Waals surface area (Å²) in [7, 11) is -1.27. The highest BCUT2D eigenvalue weighted by Crippen LogP contribution is 2.40. The SMILES string of the molecule is c1ccc(CCCCOP(OCCCCc2ccccc2)OCCCCc2ccccc2)cc1. The highest BCUT2D eigenvalue weighted by atomic mass is 31.2. The first-order valence-corrected chi connectivity index (χ1v) is 13.8. The molecule has 0 atom stereocenters. The van der Waals surface area contributed by atoms with Gasteiger partial charge in [-0.15, -0.1) is 0 Å². The van der Waals surface area contributed by atoms with Crippen molar-refractivity contribution in [2.45, 2.75) is 57.8 Å². The van der Waals surface area contributed by atoms with E-state index in [0.717, 1.165) is 57.8 Å². The van der Waals surface area contributed by atoms with Crippen molar-refractivity contribution in [2.24, 2.45) is 0 Å². The molecule has 3 aromatic rings. The minimum atomic E-state index is -1.27. The van der Waals surface area contributed by atoms with E-state index in [-0.39, 0.29) is 0 Å². The van der Waals surface area contributed by atoms with Gasteiger partial charge in [0.2, 0.25) is 0 Å². The van der Waals surface area contributed by atoms with Crippen LogP contribution in [0, 0.1) is 0 Å². The average Bonchev–Trinajstić information content (AvgIpc) is 2.89. The lowest BCUT2D eigenvalue weighted by molar-refractivity contribution is 0.154. The topological polar surface area (TPSA) is 27.7 Å². The van der Waals surface area contributed by atoms with Crippen molar-refractivity contribution in [3.05, 3.63) is 108 Å². The van der Waals surface area contributed by atoms with Crippen LogP contribution in [0.15, 0.2) is 91.0 Å². The lowest BCUT2D eigenvalue weighted by Gasteiger charge is -2.17. The maximum atomic E-state index is 6.03. The van der Waals surface area contributed by atoms with Gasteiger partial charge in [-0.2, -0.15) is 0 Å². The van der Waals surface area contributed by atoms with Crippen molar-refractivity contribution >= 4 is 8.60 Å². The standard InChI is InChI=1S/C30H39O3P/c1-4-16-28(17-5-1)22-10-13-25-31-34(32-26-14-11-23-29-18-6-2-7-19-29)33-27-15-12-24-30-20-8-3-9-21-30/h1-9,16-21H,10-15,22-27H2. The molecule has 0 aliphatic heterocycles. The quantitative estimate of drug-likeness (QED) is 0.136. The molecule has 0 aromatic heterocycles. The largest absolute Gasteiger partial charge is 0.332 e. The van der Waals surface area contributed by atoms with Gasteiger partial charge in [0.15, 0.2) is 0 Å². The summed E-state index contributed by atoms with van der Waals surface area (Å²) in [6, 6.07) is 31.9. The number of aryl methyl sites for hydroxylation is 3. The molecular weight excluding hydrogens is 439 g/mol. The van der Waals surface area contributed by atoms with Gasteiger partial charge in [-0.1, -0.05) is 91.0 Å². The second-order valence-corrected chi connectivity index (χ2v) is 9.77. The first-order chi connectivity index (χ1) is 16.9. The van der Waals surface area contributed by atoms with Gasteiger partial charge in [0.05, 0.1) is 19.8 Å². The molecule has 182 valence electrons. The Balaban J connectivity index is 1.30. The van der Waals surface area contributed by atoms with Crippen molar-refractivity contribution in [3.8, 4) is 0 Å². The van der Waals surface area contributed by atoms with Gasteiger partial charge >= 0.3 is 8.60 Å². The molecule has 0 aliphatic carbocycles. The Morgan fingerprint density at radius 1 is 0.382 bits per heavy atom. The second-order valence-electron chi connectivity index (χ2n) is 8.55.